The van der Waals surface area contributed by atoms with Crippen LogP contribution in [-0.4, -0.2) is 96.7 Å². The molecule has 0 rings (SSSR count). The van der Waals surface area contributed by atoms with Gasteiger partial charge in [0.1, 0.15) is 19.3 Å². The molecule has 0 amide bonds. The molecule has 0 bridgehead atoms. The van der Waals surface area contributed by atoms with E-state index in [4.69, 9.17) is 37.0 Å². The van der Waals surface area contributed by atoms with E-state index in [0.29, 0.717) is 25.7 Å². The molecule has 97 heavy (non-hydrogen) atoms. The second-order valence-corrected chi connectivity index (χ2v) is 31.3. The number of hydrogen-bond acceptors (Lipinski definition) is 15. The third-order valence-electron chi connectivity index (χ3n) is 18.6. The number of carbonyl (C=O) groups excluding carboxylic acids is 4. The number of hydrogen-bond donors (Lipinski definition) is 3. The van der Waals surface area contributed by atoms with Crippen LogP contribution < -0.4 is 0 Å². The van der Waals surface area contributed by atoms with Gasteiger partial charge in [-0.25, -0.2) is 9.13 Å². The van der Waals surface area contributed by atoms with Crippen LogP contribution in [-0.2, 0) is 65.4 Å². The predicted molar refractivity (Wildman–Crippen MR) is 395 cm³/mol. The van der Waals surface area contributed by atoms with Crippen LogP contribution in [0.5, 0.6) is 0 Å². The highest BCUT2D eigenvalue weighted by Gasteiger charge is 2.30. The molecule has 0 aromatic rings. The Balaban J connectivity index is 5.21. The maximum Gasteiger partial charge on any atom is 0.472 e. The molecule has 6 atom stereocenters. The summed E-state index contributed by atoms with van der Waals surface area (Å²) in [4.78, 5) is 72.8. The zero-order valence-electron chi connectivity index (χ0n) is 63.2. The molecular formula is C78H152O17P2. The summed E-state index contributed by atoms with van der Waals surface area (Å²) in [6, 6.07) is 0. The zero-order chi connectivity index (χ0) is 71.2. The van der Waals surface area contributed by atoms with E-state index in [1.807, 2.05) is 0 Å². The van der Waals surface area contributed by atoms with E-state index in [2.05, 4.69) is 34.6 Å². The fourth-order valence-corrected chi connectivity index (χ4v) is 13.6. The summed E-state index contributed by atoms with van der Waals surface area (Å²) in [6.07, 6.45) is 60.9. The topological polar surface area (TPSA) is 237 Å². The number of carbonyl (C=O) groups is 4. The molecular weight excluding hydrogens is 1270 g/mol. The van der Waals surface area contributed by atoms with E-state index in [-0.39, 0.29) is 25.7 Å². The van der Waals surface area contributed by atoms with Crippen LogP contribution in [0.25, 0.3) is 0 Å². The summed E-state index contributed by atoms with van der Waals surface area (Å²) in [7, 11) is -9.91. The minimum atomic E-state index is -4.96. The highest BCUT2D eigenvalue weighted by Crippen LogP contribution is 2.45. The van der Waals surface area contributed by atoms with E-state index < -0.39 is 97.5 Å². The first kappa shape index (κ1) is 95.1. The van der Waals surface area contributed by atoms with Crippen molar-refractivity contribution in [1.82, 2.24) is 0 Å². The molecule has 3 N–H and O–H groups in total. The fourth-order valence-electron chi connectivity index (χ4n) is 12.0. The SMILES string of the molecule is CCCCCCCCCCCCCCCCCCCC(=O)OC[C@H](COP(=O)(O)OC[C@@H](O)COP(=O)(O)OC[C@@H](COC(=O)CCCCCCCCCC)OC(=O)CCCCCCCCCCCCCCCC)OC(=O)CCCCCCCCCCCCCCCCC(C)CC. The number of ether oxygens (including phenoxy) is 4. The number of unbranched alkanes of at least 4 members (excludes halogenated alkanes) is 49. The lowest BCUT2D eigenvalue weighted by atomic mass is 9.99. The molecule has 0 aliphatic carbocycles. The summed E-state index contributed by atoms with van der Waals surface area (Å²) >= 11 is 0. The Hall–Kier alpha value is -1.94. The number of esters is 4. The van der Waals surface area contributed by atoms with E-state index in [1.54, 1.807) is 0 Å². The Labute approximate surface area is 594 Å². The molecule has 0 radical (unpaired) electrons. The van der Waals surface area contributed by atoms with Gasteiger partial charge >= 0.3 is 39.5 Å². The minimum absolute atomic E-state index is 0.108. The molecule has 0 aliphatic heterocycles. The lowest BCUT2D eigenvalue weighted by molar-refractivity contribution is -0.161. The van der Waals surface area contributed by atoms with Gasteiger partial charge in [-0.15, -0.1) is 0 Å². The quantitative estimate of drug-likeness (QED) is 0.0222. The Bertz CT molecular complexity index is 1860. The highest BCUT2D eigenvalue weighted by molar-refractivity contribution is 7.47. The number of phosphoric acid groups is 2. The van der Waals surface area contributed by atoms with Gasteiger partial charge in [-0.3, -0.25) is 37.3 Å². The molecule has 576 valence electrons. The Morgan fingerprint density at radius 1 is 0.289 bits per heavy atom. The zero-order valence-corrected chi connectivity index (χ0v) is 65.0. The lowest BCUT2D eigenvalue weighted by Crippen LogP contribution is -2.30. The van der Waals surface area contributed by atoms with Crippen LogP contribution in [0.2, 0.25) is 0 Å². The van der Waals surface area contributed by atoms with Gasteiger partial charge < -0.3 is 33.8 Å². The van der Waals surface area contributed by atoms with Crippen LogP contribution in [0.3, 0.4) is 0 Å². The van der Waals surface area contributed by atoms with Gasteiger partial charge in [0.15, 0.2) is 12.2 Å². The maximum absolute atomic E-state index is 13.1. The van der Waals surface area contributed by atoms with Crippen molar-refractivity contribution in [3.63, 3.8) is 0 Å². The Morgan fingerprint density at radius 2 is 0.495 bits per heavy atom. The monoisotopic (exact) mass is 1420 g/mol. The molecule has 0 heterocycles. The first-order valence-corrected chi connectivity index (χ1v) is 43.7. The van der Waals surface area contributed by atoms with Crippen LogP contribution >= 0.6 is 15.6 Å². The predicted octanol–water partition coefficient (Wildman–Crippen LogP) is 23.3. The average molecular weight is 1420 g/mol. The number of phosphoric ester groups is 2. The number of rotatable bonds is 78. The van der Waals surface area contributed by atoms with Crippen molar-refractivity contribution in [3.8, 4) is 0 Å². The summed E-state index contributed by atoms with van der Waals surface area (Å²) in [5.41, 5.74) is 0. The van der Waals surface area contributed by atoms with Crippen LogP contribution in [0, 0.1) is 5.92 Å². The fraction of sp³-hybridized carbons (Fsp3) is 0.949. The van der Waals surface area contributed by atoms with Gasteiger partial charge in [-0.2, -0.15) is 0 Å². The second kappa shape index (κ2) is 71.1. The normalized spacial score (nSPS) is 14.2. The smallest absolute Gasteiger partial charge is 0.462 e. The largest absolute Gasteiger partial charge is 0.472 e. The first-order chi connectivity index (χ1) is 47.1. The average Bonchev–Trinajstić information content (AvgIpc) is 1.02. The Morgan fingerprint density at radius 3 is 0.732 bits per heavy atom. The van der Waals surface area contributed by atoms with E-state index in [0.717, 1.165) is 102 Å². The molecule has 3 unspecified atom stereocenters. The molecule has 0 saturated heterocycles. The number of aliphatic hydroxyl groups is 1. The van der Waals surface area contributed by atoms with Crippen molar-refractivity contribution in [2.45, 2.75) is 432 Å². The first-order valence-electron chi connectivity index (χ1n) is 40.7. The van der Waals surface area contributed by atoms with Gasteiger partial charge in [0.25, 0.3) is 0 Å². The van der Waals surface area contributed by atoms with E-state index >= 15 is 0 Å². The standard InChI is InChI=1S/C78H152O17P2/c1-6-10-13-16-19-22-24-26-28-29-30-35-38-42-47-52-57-62-76(81)89-68-74(95-78(83)64-59-54-49-44-40-36-32-31-33-37-41-45-50-55-60-71(5)9-4)70-93-97(86,87)91-66-72(79)65-90-96(84,85)92-69-73(67-88-75(80)61-56-51-46-21-18-15-12-8-3)94-77(82)63-58-53-48-43-39-34-27-25-23-20-17-14-11-7-2/h71-74,79H,6-70H2,1-5H3,(H,84,85)(H,86,87)/t71?,72-,73+,74+/m0/s1. The van der Waals surface area contributed by atoms with Gasteiger partial charge in [0.2, 0.25) is 0 Å². The number of aliphatic hydroxyl groups excluding tert-OH is 1. The molecule has 0 aromatic heterocycles. The van der Waals surface area contributed by atoms with Crippen LogP contribution in [0.15, 0.2) is 0 Å². The van der Waals surface area contributed by atoms with Crippen molar-refractivity contribution in [3.05, 3.63) is 0 Å². The highest BCUT2D eigenvalue weighted by atomic mass is 31.2. The van der Waals surface area contributed by atoms with Crippen molar-refractivity contribution in [1.29, 1.82) is 0 Å². The third kappa shape index (κ3) is 70.9. The van der Waals surface area contributed by atoms with Gasteiger partial charge in [0.05, 0.1) is 26.4 Å². The van der Waals surface area contributed by atoms with Crippen molar-refractivity contribution in [2.75, 3.05) is 39.6 Å². The van der Waals surface area contributed by atoms with Crippen LogP contribution in [0.1, 0.15) is 413 Å². The van der Waals surface area contributed by atoms with Crippen molar-refractivity contribution < 1.29 is 80.2 Å². The summed E-state index contributed by atoms with van der Waals surface area (Å²) < 4.78 is 68.6. The summed E-state index contributed by atoms with van der Waals surface area (Å²) in [6.45, 7) is 7.34. The van der Waals surface area contributed by atoms with E-state index in [9.17, 15) is 43.2 Å². The van der Waals surface area contributed by atoms with Crippen molar-refractivity contribution >= 4 is 39.5 Å². The molecule has 19 heteroatoms. The molecule has 0 saturated carbocycles. The molecule has 0 aromatic carbocycles. The van der Waals surface area contributed by atoms with Gasteiger partial charge in [0, 0.05) is 25.7 Å². The lowest BCUT2D eigenvalue weighted by Gasteiger charge is -2.21. The molecule has 0 fully saturated rings. The van der Waals surface area contributed by atoms with Gasteiger partial charge in [-0.1, -0.05) is 362 Å². The van der Waals surface area contributed by atoms with Gasteiger partial charge in [-0.05, 0) is 31.6 Å². The molecule has 17 nitrogen and oxygen atoms in total. The molecule has 0 aliphatic rings. The van der Waals surface area contributed by atoms with E-state index in [1.165, 1.54) is 231 Å². The molecule has 0 spiro atoms. The second-order valence-electron chi connectivity index (χ2n) is 28.3. The summed E-state index contributed by atoms with van der Waals surface area (Å²) in [5, 5.41) is 10.6. The Kier molecular flexibility index (Phi) is 69.6. The minimum Gasteiger partial charge on any atom is -0.462 e. The summed E-state index contributed by atoms with van der Waals surface area (Å²) in [5.74, 6) is -1.27. The third-order valence-corrected chi connectivity index (χ3v) is 20.5. The van der Waals surface area contributed by atoms with Crippen LogP contribution in [0.4, 0.5) is 0 Å². The van der Waals surface area contributed by atoms with Crippen molar-refractivity contribution in [2.24, 2.45) is 5.92 Å². The maximum atomic E-state index is 13.1.